The second kappa shape index (κ2) is 8.22. The van der Waals surface area contributed by atoms with E-state index in [1.165, 1.54) is 11.8 Å². The van der Waals surface area contributed by atoms with Crippen LogP contribution in [-0.2, 0) is 9.53 Å². The lowest BCUT2D eigenvalue weighted by atomic mass is 10.2. The van der Waals surface area contributed by atoms with Gasteiger partial charge in [0.2, 0.25) is 5.12 Å². The molecule has 0 aliphatic heterocycles. The van der Waals surface area contributed by atoms with Gasteiger partial charge in [0, 0.05) is 0 Å². The Morgan fingerprint density at radius 2 is 2.00 bits per heavy atom. The molecule has 0 fully saturated rings. The lowest BCUT2D eigenvalue weighted by Gasteiger charge is -2.08. The van der Waals surface area contributed by atoms with Crippen LogP contribution in [0.1, 0.15) is 27.2 Å². The van der Waals surface area contributed by atoms with E-state index in [-0.39, 0.29) is 5.12 Å². The van der Waals surface area contributed by atoms with Gasteiger partial charge in [-0.3, -0.25) is 4.79 Å². The Labute approximate surface area is 102 Å². The normalized spacial score (nSPS) is 12.5. The van der Waals surface area contributed by atoms with Crippen LogP contribution in [0.25, 0.3) is 0 Å². The van der Waals surface area contributed by atoms with Gasteiger partial charge in [-0.2, -0.15) is 0 Å². The van der Waals surface area contributed by atoms with Crippen LogP contribution in [0.4, 0.5) is 0 Å². The summed E-state index contributed by atoms with van der Waals surface area (Å²) in [7, 11) is 0. The second-order valence-electron chi connectivity index (χ2n) is 3.49. The van der Waals surface area contributed by atoms with Crippen LogP contribution < -0.4 is 0 Å². The third-order valence-electron chi connectivity index (χ3n) is 1.84. The molecule has 90 valence electrons. The molecule has 0 saturated carbocycles. The molecule has 16 heavy (non-hydrogen) atoms. The van der Waals surface area contributed by atoms with Gasteiger partial charge >= 0.3 is 0 Å². The van der Waals surface area contributed by atoms with Crippen molar-refractivity contribution >= 4 is 16.9 Å². The van der Waals surface area contributed by atoms with Crippen molar-refractivity contribution in [3.05, 3.63) is 35.6 Å². The topological polar surface area (TPSA) is 26.3 Å². The maximum absolute atomic E-state index is 11.7. The number of thioether (sulfide) groups is 1. The summed E-state index contributed by atoms with van der Waals surface area (Å²) in [5.74, 6) is 0.679. The summed E-state index contributed by atoms with van der Waals surface area (Å²) in [6, 6.07) is 0. The van der Waals surface area contributed by atoms with Gasteiger partial charge in [-0.1, -0.05) is 36.9 Å². The van der Waals surface area contributed by atoms with Crippen molar-refractivity contribution in [1.29, 1.82) is 0 Å². The van der Waals surface area contributed by atoms with E-state index in [0.29, 0.717) is 17.9 Å². The first-order valence-electron chi connectivity index (χ1n) is 5.28. The van der Waals surface area contributed by atoms with Crippen molar-refractivity contribution in [2.75, 3.05) is 12.9 Å². The number of carbonyl (C=O) groups excluding carboxylic acids is 1. The average Bonchev–Trinajstić information content (AvgIpc) is 2.25. The Bertz CT molecular complexity index is 314. The van der Waals surface area contributed by atoms with Gasteiger partial charge in [-0.25, -0.2) is 0 Å². The van der Waals surface area contributed by atoms with E-state index in [0.717, 1.165) is 12.0 Å². The average molecular weight is 240 g/mol. The molecule has 0 atom stereocenters. The third-order valence-corrected chi connectivity index (χ3v) is 2.43. The van der Waals surface area contributed by atoms with Gasteiger partial charge < -0.3 is 4.74 Å². The largest absolute Gasteiger partial charge is 0.497 e. The lowest BCUT2D eigenvalue weighted by molar-refractivity contribution is -0.107. The van der Waals surface area contributed by atoms with Crippen molar-refractivity contribution in [1.82, 2.24) is 0 Å². The number of allylic oxidation sites excluding steroid dienone is 4. The van der Waals surface area contributed by atoms with Crippen LogP contribution >= 0.6 is 11.8 Å². The smallest absolute Gasteiger partial charge is 0.222 e. The van der Waals surface area contributed by atoms with Crippen molar-refractivity contribution in [2.24, 2.45) is 0 Å². The molecule has 0 aromatic heterocycles. The zero-order valence-corrected chi connectivity index (χ0v) is 11.3. The Morgan fingerprint density at radius 1 is 1.38 bits per heavy atom. The van der Waals surface area contributed by atoms with Crippen molar-refractivity contribution in [3.8, 4) is 0 Å². The maximum atomic E-state index is 11.7. The highest BCUT2D eigenvalue weighted by Crippen LogP contribution is 2.16. The minimum Gasteiger partial charge on any atom is -0.497 e. The molecular formula is C13H20O2S. The highest BCUT2D eigenvalue weighted by molar-refractivity contribution is 8.13. The Balaban J connectivity index is 4.91. The van der Waals surface area contributed by atoms with E-state index in [1.807, 2.05) is 26.8 Å². The van der Waals surface area contributed by atoms with E-state index in [2.05, 4.69) is 6.58 Å². The van der Waals surface area contributed by atoms with Crippen LogP contribution in [0, 0.1) is 0 Å². The first kappa shape index (κ1) is 15.0. The third kappa shape index (κ3) is 5.81. The summed E-state index contributed by atoms with van der Waals surface area (Å²) in [5, 5.41) is 0.0195. The number of ether oxygens (including phenoxy) is 1. The van der Waals surface area contributed by atoms with Crippen molar-refractivity contribution < 1.29 is 9.53 Å². The lowest BCUT2D eigenvalue weighted by Crippen LogP contribution is -2.01. The molecule has 0 amide bonds. The molecule has 0 radical (unpaired) electrons. The zero-order valence-electron chi connectivity index (χ0n) is 10.5. The SMILES string of the molecule is C=C(C)C=CC(C(=O)SC)=C(C)OCCC. The Morgan fingerprint density at radius 3 is 2.44 bits per heavy atom. The molecule has 0 aliphatic rings. The molecule has 0 heterocycles. The molecule has 0 N–H and O–H groups in total. The van der Waals surface area contributed by atoms with E-state index in [4.69, 9.17) is 4.74 Å². The monoisotopic (exact) mass is 240 g/mol. The van der Waals surface area contributed by atoms with E-state index in [1.54, 1.807) is 12.3 Å². The Kier molecular flexibility index (Phi) is 7.73. The summed E-state index contributed by atoms with van der Waals surface area (Å²) in [4.78, 5) is 11.7. The van der Waals surface area contributed by atoms with Crippen molar-refractivity contribution in [2.45, 2.75) is 27.2 Å². The minimum absolute atomic E-state index is 0.0195. The van der Waals surface area contributed by atoms with Crippen LogP contribution in [0.2, 0.25) is 0 Å². The number of hydrogen-bond donors (Lipinski definition) is 0. The van der Waals surface area contributed by atoms with Crippen LogP contribution in [0.3, 0.4) is 0 Å². The molecule has 0 aliphatic carbocycles. The first-order valence-corrected chi connectivity index (χ1v) is 6.51. The molecule has 0 saturated heterocycles. The van der Waals surface area contributed by atoms with Gasteiger partial charge in [0.1, 0.15) is 5.76 Å². The van der Waals surface area contributed by atoms with Gasteiger partial charge in [0.25, 0.3) is 0 Å². The maximum Gasteiger partial charge on any atom is 0.222 e. The van der Waals surface area contributed by atoms with Gasteiger partial charge in [-0.15, -0.1) is 0 Å². The number of hydrogen-bond acceptors (Lipinski definition) is 3. The molecule has 0 aromatic carbocycles. The Hall–Kier alpha value is -0.960. The predicted octanol–water partition coefficient (Wildman–Crippen LogP) is 3.71. The quantitative estimate of drug-likeness (QED) is 0.402. The van der Waals surface area contributed by atoms with E-state index >= 15 is 0 Å². The fourth-order valence-electron chi connectivity index (χ4n) is 0.998. The standard InChI is InChI=1S/C13H20O2S/c1-6-9-15-11(4)12(13(14)16-5)8-7-10(2)3/h7-8H,2,6,9H2,1,3-5H3. The van der Waals surface area contributed by atoms with Crippen LogP contribution in [-0.4, -0.2) is 18.0 Å². The molecule has 3 heteroatoms. The minimum atomic E-state index is 0.0195. The summed E-state index contributed by atoms with van der Waals surface area (Å²) in [6.07, 6.45) is 6.29. The molecular weight excluding hydrogens is 220 g/mol. The summed E-state index contributed by atoms with van der Waals surface area (Å²) < 4.78 is 5.47. The van der Waals surface area contributed by atoms with Crippen LogP contribution in [0.15, 0.2) is 35.6 Å². The fourth-order valence-corrected chi connectivity index (χ4v) is 1.43. The van der Waals surface area contributed by atoms with Gasteiger partial charge in [0.05, 0.1) is 12.2 Å². The molecule has 0 aromatic rings. The molecule has 0 bridgehead atoms. The molecule has 0 rings (SSSR count). The molecule has 0 unspecified atom stereocenters. The summed E-state index contributed by atoms with van der Waals surface area (Å²) in [6.45, 7) is 10.1. The first-order chi connectivity index (χ1) is 7.52. The summed E-state index contributed by atoms with van der Waals surface area (Å²) >= 11 is 1.19. The predicted molar refractivity (Wildman–Crippen MR) is 71.4 cm³/mol. The van der Waals surface area contributed by atoms with E-state index < -0.39 is 0 Å². The highest BCUT2D eigenvalue weighted by Gasteiger charge is 2.09. The number of carbonyl (C=O) groups is 1. The molecule has 2 nitrogen and oxygen atoms in total. The zero-order chi connectivity index (χ0) is 12.6. The molecule has 0 spiro atoms. The second-order valence-corrected chi connectivity index (χ2v) is 4.27. The summed E-state index contributed by atoms with van der Waals surface area (Å²) in [5.41, 5.74) is 1.53. The van der Waals surface area contributed by atoms with E-state index in [9.17, 15) is 4.79 Å². The van der Waals surface area contributed by atoms with Gasteiger partial charge in [-0.05, 0) is 32.6 Å². The fraction of sp³-hybridized carbons (Fsp3) is 0.462. The highest BCUT2D eigenvalue weighted by atomic mass is 32.2. The van der Waals surface area contributed by atoms with Gasteiger partial charge in [0.15, 0.2) is 0 Å². The number of rotatable bonds is 6. The van der Waals surface area contributed by atoms with Crippen LogP contribution in [0.5, 0.6) is 0 Å². The van der Waals surface area contributed by atoms with Crippen molar-refractivity contribution in [3.63, 3.8) is 0 Å².